The Morgan fingerprint density at radius 2 is 1.95 bits per heavy atom. The van der Waals surface area contributed by atoms with E-state index in [1.54, 1.807) is 0 Å². The topological polar surface area (TPSA) is 61.3 Å². The molecular formula is C12H10F2N2O3. The second-order valence-corrected chi connectivity index (χ2v) is 3.68. The molecule has 1 heterocycles. The van der Waals surface area contributed by atoms with Crippen molar-refractivity contribution < 1.29 is 23.0 Å². The minimum absolute atomic E-state index is 0.195. The van der Waals surface area contributed by atoms with Gasteiger partial charge in [-0.2, -0.15) is 0 Å². The van der Waals surface area contributed by atoms with E-state index in [2.05, 4.69) is 14.9 Å². The summed E-state index contributed by atoms with van der Waals surface area (Å²) in [7, 11) is 2.62. The molecule has 0 bridgehead atoms. The monoisotopic (exact) mass is 268 g/mol. The summed E-state index contributed by atoms with van der Waals surface area (Å²) >= 11 is 0. The molecule has 7 heteroatoms. The number of esters is 1. The smallest absolute Gasteiger partial charge is 0.338 e. The third-order valence-corrected chi connectivity index (χ3v) is 2.54. The maximum absolute atomic E-state index is 12.6. The number of nitrogens with zero attached hydrogens (tertiary/aromatic N) is 2. The molecular weight excluding hydrogens is 258 g/mol. The third kappa shape index (κ3) is 2.44. The van der Waals surface area contributed by atoms with Gasteiger partial charge in [0.1, 0.15) is 17.0 Å². The Morgan fingerprint density at radius 1 is 1.21 bits per heavy atom. The molecule has 0 spiro atoms. The predicted molar refractivity (Wildman–Crippen MR) is 62.4 cm³/mol. The highest BCUT2D eigenvalue weighted by Gasteiger charge is 2.16. The lowest BCUT2D eigenvalue weighted by Gasteiger charge is -2.08. The number of halogens is 2. The van der Waals surface area contributed by atoms with Crippen molar-refractivity contribution in [3.8, 4) is 5.75 Å². The second-order valence-electron chi connectivity index (χ2n) is 3.68. The molecule has 2 aromatic rings. The molecule has 1 aromatic heterocycles. The van der Waals surface area contributed by atoms with Crippen LogP contribution >= 0.6 is 0 Å². The standard InChI is InChI=1S/C12H10F2N2O3/c1-18-9-5-7(12(17)19-2)3-6-4-8(11(13)14)15-16-10(6)9/h3-5,11H,1-2H3. The molecule has 0 amide bonds. The molecule has 0 aliphatic carbocycles. The Bertz CT molecular complexity index is 632. The van der Waals surface area contributed by atoms with Gasteiger partial charge in [-0.3, -0.25) is 0 Å². The van der Waals surface area contributed by atoms with Gasteiger partial charge in [-0.15, -0.1) is 10.2 Å². The van der Waals surface area contributed by atoms with Crippen molar-refractivity contribution in [1.82, 2.24) is 10.2 Å². The van der Waals surface area contributed by atoms with Gasteiger partial charge in [0.05, 0.1) is 19.8 Å². The average Bonchev–Trinajstić information content (AvgIpc) is 2.44. The van der Waals surface area contributed by atoms with Crippen LogP contribution in [0.1, 0.15) is 22.5 Å². The van der Waals surface area contributed by atoms with Gasteiger partial charge >= 0.3 is 5.97 Å². The highest BCUT2D eigenvalue weighted by molar-refractivity contribution is 5.96. The summed E-state index contributed by atoms with van der Waals surface area (Å²) < 4.78 is 34.8. The summed E-state index contributed by atoms with van der Waals surface area (Å²) in [6.07, 6.45) is -2.73. The molecule has 0 saturated heterocycles. The van der Waals surface area contributed by atoms with Gasteiger partial charge in [0.2, 0.25) is 0 Å². The van der Waals surface area contributed by atoms with E-state index in [4.69, 9.17) is 4.74 Å². The number of hydrogen-bond acceptors (Lipinski definition) is 5. The summed E-state index contributed by atoms with van der Waals surface area (Å²) in [4.78, 5) is 11.5. The number of alkyl halides is 2. The fraction of sp³-hybridized carbons (Fsp3) is 0.250. The first kappa shape index (κ1) is 13.1. The van der Waals surface area contributed by atoms with Crippen molar-refractivity contribution >= 4 is 16.9 Å². The molecule has 0 saturated carbocycles. The highest BCUT2D eigenvalue weighted by Crippen LogP contribution is 2.28. The van der Waals surface area contributed by atoms with E-state index in [0.717, 1.165) is 0 Å². The lowest BCUT2D eigenvalue weighted by molar-refractivity contribution is 0.0600. The van der Waals surface area contributed by atoms with Gasteiger partial charge in [-0.05, 0) is 18.2 Å². The Labute approximate surface area is 107 Å². The fourth-order valence-electron chi connectivity index (χ4n) is 1.64. The zero-order valence-electron chi connectivity index (χ0n) is 10.2. The van der Waals surface area contributed by atoms with Crippen LogP contribution in [0.2, 0.25) is 0 Å². The number of aromatic nitrogens is 2. The summed E-state index contributed by atoms with van der Waals surface area (Å²) in [5, 5.41) is 7.44. The Kier molecular flexibility index (Phi) is 3.55. The van der Waals surface area contributed by atoms with E-state index >= 15 is 0 Å². The molecule has 19 heavy (non-hydrogen) atoms. The largest absolute Gasteiger partial charge is 0.494 e. The third-order valence-electron chi connectivity index (χ3n) is 2.54. The maximum atomic E-state index is 12.6. The first-order chi connectivity index (χ1) is 9.06. The lowest BCUT2D eigenvalue weighted by atomic mass is 10.1. The quantitative estimate of drug-likeness (QED) is 0.800. The van der Waals surface area contributed by atoms with E-state index in [1.165, 1.54) is 32.4 Å². The number of fused-ring (bicyclic) bond motifs is 1. The summed E-state index contributed by atoms with van der Waals surface area (Å²) in [6.45, 7) is 0. The van der Waals surface area contributed by atoms with Crippen LogP contribution in [0.25, 0.3) is 10.9 Å². The van der Waals surface area contributed by atoms with Crippen molar-refractivity contribution in [2.45, 2.75) is 6.43 Å². The minimum atomic E-state index is -2.73. The minimum Gasteiger partial charge on any atom is -0.494 e. The summed E-state index contributed by atoms with van der Waals surface area (Å²) in [5.74, 6) is -0.318. The van der Waals surface area contributed by atoms with Crippen molar-refractivity contribution in [3.63, 3.8) is 0 Å². The van der Waals surface area contributed by atoms with Crippen LogP contribution in [-0.4, -0.2) is 30.4 Å². The van der Waals surface area contributed by atoms with E-state index < -0.39 is 18.1 Å². The van der Waals surface area contributed by atoms with Crippen molar-refractivity contribution in [1.29, 1.82) is 0 Å². The number of ether oxygens (including phenoxy) is 2. The molecule has 0 atom stereocenters. The average molecular weight is 268 g/mol. The van der Waals surface area contributed by atoms with Gasteiger partial charge in [0, 0.05) is 5.39 Å². The van der Waals surface area contributed by atoms with Crippen molar-refractivity contribution in [2.75, 3.05) is 14.2 Å². The van der Waals surface area contributed by atoms with Crippen LogP contribution in [0.3, 0.4) is 0 Å². The maximum Gasteiger partial charge on any atom is 0.338 e. The molecule has 0 unspecified atom stereocenters. The first-order valence-electron chi connectivity index (χ1n) is 5.28. The lowest BCUT2D eigenvalue weighted by Crippen LogP contribution is -2.03. The normalized spacial score (nSPS) is 10.8. The molecule has 0 radical (unpaired) electrons. The van der Waals surface area contributed by atoms with Gasteiger partial charge in [0.15, 0.2) is 0 Å². The Morgan fingerprint density at radius 3 is 2.53 bits per heavy atom. The van der Waals surface area contributed by atoms with Crippen molar-refractivity contribution in [2.24, 2.45) is 0 Å². The number of carbonyl (C=O) groups excluding carboxylic acids is 1. The van der Waals surface area contributed by atoms with Crippen molar-refractivity contribution in [3.05, 3.63) is 29.5 Å². The number of benzene rings is 1. The molecule has 0 N–H and O–H groups in total. The van der Waals surface area contributed by atoms with E-state index in [0.29, 0.717) is 10.9 Å². The number of hydrogen-bond donors (Lipinski definition) is 0. The molecule has 2 rings (SSSR count). The van der Waals surface area contributed by atoms with Gasteiger partial charge in [0.25, 0.3) is 6.43 Å². The van der Waals surface area contributed by atoms with Gasteiger partial charge < -0.3 is 9.47 Å². The van der Waals surface area contributed by atoms with Crippen LogP contribution < -0.4 is 4.74 Å². The molecule has 5 nitrogen and oxygen atoms in total. The SMILES string of the molecule is COC(=O)c1cc(OC)c2nnc(C(F)F)cc2c1. The molecule has 0 aliphatic heterocycles. The zero-order valence-corrected chi connectivity index (χ0v) is 10.2. The van der Waals surface area contributed by atoms with Crippen LogP contribution in [0, 0.1) is 0 Å². The number of rotatable bonds is 3. The zero-order chi connectivity index (χ0) is 14.0. The molecule has 0 fully saturated rings. The van der Waals surface area contributed by atoms with Crippen LogP contribution in [0.4, 0.5) is 8.78 Å². The van der Waals surface area contributed by atoms with E-state index in [-0.39, 0.29) is 11.3 Å². The summed E-state index contributed by atoms with van der Waals surface area (Å²) in [6, 6.07) is 4.00. The second kappa shape index (κ2) is 5.13. The molecule has 1 aromatic carbocycles. The van der Waals surface area contributed by atoms with Crippen LogP contribution in [0.15, 0.2) is 18.2 Å². The number of carbonyl (C=O) groups is 1. The Balaban J connectivity index is 2.67. The van der Waals surface area contributed by atoms with Gasteiger partial charge in [-0.1, -0.05) is 0 Å². The molecule has 0 aliphatic rings. The first-order valence-corrected chi connectivity index (χ1v) is 5.28. The number of methoxy groups -OCH3 is 2. The predicted octanol–water partition coefficient (Wildman–Crippen LogP) is 2.36. The fourth-order valence-corrected chi connectivity index (χ4v) is 1.64. The Hall–Kier alpha value is -2.31. The highest BCUT2D eigenvalue weighted by atomic mass is 19.3. The van der Waals surface area contributed by atoms with Crippen LogP contribution in [0.5, 0.6) is 5.75 Å². The van der Waals surface area contributed by atoms with Gasteiger partial charge in [-0.25, -0.2) is 13.6 Å². The summed E-state index contributed by atoms with van der Waals surface area (Å²) in [5.41, 5.74) is 0.0381. The molecule has 100 valence electrons. The van der Waals surface area contributed by atoms with E-state index in [9.17, 15) is 13.6 Å². The van der Waals surface area contributed by atoms with Crippen LogP contribution in [-0.2, 0) is 4.74 Å². The van der Waals surface area contributed by atoms with E-state index in [1.807, 2.05) is 0 Å².